The van der Waals surface area contributed by atoms with Gasteiger partial charge in [-0.1, -0.05) is 37.3 Å². The lowest BCUT2D eigenvalue weighted by Gasteiger charge is -2.33. The third kappa shape index (κ3) is 5.59. The van der Waals surface area contributed by atoms with Gasteiger partial charge in [-0.2, -0.15) is 0 Å². The molecule has 1 saturated heterocycles. The van der Waals surface area contributed by atoms with Crippen LogP contribution in [0.2, 0.25) is 0 Å². The molecule has 0 saturated carbocycles. The molecule has 6 heteroatoms. The number of furan rings is 1. The van der Waals surface area contributed by atoms with Crippen LogP contribution in [0.25, 0.3) is 0 Å². The molecule has 0 amide bonds. The molecule has 2 heterocycles. The second-order valence-corrected chi connectivity index (χ2v) is 7.26. The number of ether oxygens (including phenoxy) is 1. The molecule has 2 unspecified atom stereocenters. The first-order chi connectivity index (χ1) is 13.7. The average molecular weight is 385 g/mol. The minimum atomic E-state index is 0.155. The number of benzene rings is 1. The van der Waals surface area contributed by atoms with E-state index in [1.165, 1.54) is 5.56 Å². The summed E-state index contributed by atoms with van der Waals surface area (Å²) in [6, 6.07) is 14.8. The second-order valence-electron chi connectivity index (χ2n) is 7.26. The van der Waals surface area contributed by atoms with E-state index in [4.69, 9.17) is 9.15 Å². The Morgan fingerprint density at radius 1 is 1.07 bits per heavy atom. The van der Waals surface area contributed by atoms with Gasteiger partial charge in [0.1, 0.15) is 11.5 Å². The molecule has 3 rings (SSSR count). The van der Waals surface area contributed by atoms with Gasteiger partial charge in [0.2, 0.25) is 0 Å². The van der Waals surface area contributed by atoms with Crippen LogP contribution in [0, 0.1) is 6.92 Å². The predicted molar refractivity (Wildman–Crippen MR) is 113 cm³/mol. The maximum atomic E-state index is 5.94. The maximum absolute atomic E-state index is 5.94. The van der Waals surface area contributed by atoms with Gasteiger partial charge in [-0.15, -0.1) is 0 Å². The molecule has 1 fully saturated rings. The molecule has 28 heavy (non-hydrogen) atoms. The van der Waals surface area contributed by atoms with E-state index < -0.39 is 0 Å². The highest BCUT2D eigenvalue weighted by Crippen LogP contribution is 2.23. The van der Waals surface area contributed by atoms with Gasteiger partial charge >= 0.3 is 0 Å². The highest BCUT2D eigenvalue weighted by molar-refractivity contribution is 5.79. The van der Waals surface area contributed by atoms with Gasteiger partial charge in [0.25, 0.3) is 0 Å². The first kappa shape index (κ1) is 20.4. The number of rotatable bonds is 7. The van der Waals surface area contributed by atoms with Crippen LogP contribution in [0.3, 0.4) is 0 Å². The van der Waals surface area contributed by atoms with E-state index in [1.807, 2.05) is 26.1 Å². The van der Waals surface area contributed by atoms with Gasteiger partial charge in [-0.05, 0) is 30.5 Å². The molecule has 0 bridgehead atoms. The van der Waals surface area contributed by atoms with Crippen molar-refractivity contribution in [2.75, 3.05) is 46.4 Å². The molecule has 2 aromatic rings. The fraction of sp³-hybridized carbons (Fsp3) is 0.500. The van der Waals surface area contributed by atoms with Crippen LogP contribution in [-0.2, 0) is 4.74 Å². The highest BCUT2D eigenvalue weighted by Gasteiger charge is 2.25. The van der Waals surface area contributed by atoms with Crippen LogP contribution in [0.15, 0.2) is 51.9 Å². The fourth-order valence-electron chi connectivity index (χ4n) is 3.49. The topological polar surface area (TPSA) is 62.0 Å². The van der Waals surface area contributed by atoms with Crippen LogP contribution >= 0.6 is 0 Å². The molecule has 1 aromatic carbocycles. The van der Waals surface area contributed by atoms with E-state index in [1.54, 1.807) is 0 Å². The predicted octanol–water partition coefficient (Wildman–Crippen LogP) is 2.93. The van der Waals surface area contributed by atoms with Gasteiger partial charge < -0.3 is 19.8 Å². The van der Waals surface area contributed by atoms with Crippen LogP contribution in [0.5, 0.6) is 0 Å². The summed E-state index contributed by atoms with van der Waals surface area (Å²) in [5, 5.41) is 6.93. The van der Waals surface area contributed by atoms with Crippen molar-refractivity contribution < 1.29 is 9.15 Å². The molecular formula is C22H32N4O2. The molecule has 1 aliphatic heterocycles. The quantitative estimate of drug-likeness (QED) is 0.568. The van der Waals surface area contributed by atoms with E-state index in [0.717, 1.165) is 56.9 Å². The van der Waals surface area contributed by atoms with Gasteiger partial charge in [-0.25, -0.2) is 0 Å². The van der Waals surface area contributed by atoms with Crippen LogP contribution in [0.4, 0.5) is 0 Å². The smallest absolute Gasteiger partial charge is 0.191 e. The zero-order chi connectivity index (χ0) is 19.8. The van der Waals surface area contributed by atoms with Crippen molar-refractivity contribution in [3.8, 4) is 0 Å². The van der Waals surface area contributed by atoms with Crippen molar-refractivity contribution in [2.45, 2.75) is 25.8 Å². The monoisotopic (exact) mass is 384 g/mol. The number of aliphatic imine (C=N–C) groups is 1. The summed E-state index contributed by atoms with van der Waals surface area (Å²) in [6.45, 7) is 9.09. The first-order valence-corrected chi connectivity index (χ1v) is 10.0. The second kappa shape index (κ2) is 10.3. The molecule has 0 aliphatic carbocycles. The number of nitrogens with one attached hydrogen (secondary N) is 2. The Hall–Kier alpha value is -2.31. The molecule has 6 nitrogen and oxygen atoms in total. The SMILES string of the molecule is CN=C(NCC(C)c1ccccc1)NCC(c1ccc(C)o1)N1CCOCC1. The number of guanidine groups is 1. The normalized spacial score (nSPS) is 17.9. The summed E-state index contributed by atoms with van der Waals surface area (Å²) >= 11 is 0. The van der Waals surface area contributed by atoms with Crippen LogP contribution < -0.4 is 10.6 Å². The number of hydrogen-bond donors (Lipinski definition) is 2. The van der Waals surface area contributed by atoms with Gasteiger partial charge in [0.05, 0.1) is 19.3 Å². The average Bonchev–Trinajstić information content (AvgIpc) is 3.17. The van der Waals surface area contributed by atoms with Crippen molar-refractivity contribution in [3.63, 3.8) is 0 Å². The Morgan fingerprint density at radius 2 is 1.79 bits per heavy atom. The van der Waals surface area contributed by atoms with Gasteiger partial charge in [0, 0.05) is 33.2 Å². The van der Waals surface area contributed by atoms with Crippen molar-refractivity contribution in [2.24, 2.45) is 4.99 Å². The lowest BCUT2D eigenvalue weighted by atomic mass is 10.0. The maximum Gasteiger partial charge on any atom is 0.191 e. The minimum Gasteiger partial charge on any atom is -0.465 e. The number of nitrogens with zero attached hydrogens (tertiary/aromatic N) is 2. The summed E-state index contributed by atoms with van der Waals surface area (Å²) < 4.78 is 11.5. The molecule has 2 N–H and O–H groups in total. The summed E-state index contributed by atoms with van der Waals surface area (Å²) in [5.41, 5.74) is 1.32. The molecule has 152 valence electrons. The van der Waals surface area contributed by atoms with E-state index in [9.17, 15) is 0 Å². The van der Waals surface area contributed by atoms with Crippen molar-refractivity contribution >= 4 is 5.96 Å². The summed E-state index contributed by atoms with van der Waals surface area (Å²) in [6.07, 6.45) is 0. The Kier molecular flexibility index (Phi) is 7.51. The Bertz CT molecular complexity index is 738. The first-order valence-electron chi connectivity index (χ1n) is 10.0. The Morgan fingerprint density at radius 3 is 2.43 bits per heavy atom. The molecule has 0 spiro atoms. The zero-order valence-corrected chi connectivity index (χ0v) is 17.1. The van der Waals surface area contributed by atoms with Crippen LogP contribution in [-0.4, -0.2) is 57.3 Å². The molecule has 0 radical (unpaired) electrons. The van der Waals surface area contributed by atoms with Crippen molar-refractivity contribution in [3.05, 3.63) is 59.5 Å². The lowest BCUT2D eigenvalue weighted by molar-refractivity contribution is 0.0124. The van der Waals surface area contributed by atoms with Crippen molar-refractivity contribution in [1.82, 2.24) is 15.5 Å². The lowest BCUT2D eigenvalue weighted by Crippen LogP contribution is -2.46. The van der Waals surface area contributed by atoms with Gasteiger partial charge in [0.15, 0.2) is 5.96 Å². The third-order valence-corrected chi connectivity index (χ3v) is 5.21. The van der Waals surface area contributed by atoms with E-state index in [-0.39, 0.29) is 6.04 Å². The van der Waals surface area contributed by atoms with E-state index in [2.05, 4.69) is 57.8 Å². The zero-order valence-electron chi connectivity index (χ0n) is 17.1. The van der Waals surface area contributed by atoms with E-state index in [0.29, 0.717) is 5.92 Å². The highest BCUT2D eigenvalue weighted by atomic mass is 16.5. The summed E-state index contributed by atoms with van der Waals surface area (Å²) in [5.74, 6) is 3.14. The van der Waals surface area contributed by atoms with Crippen molar-refractivity contribution in [1.29, 1.82) is 0 Å². The number of hydrogen-bond acceptors (Lipinski definition) is 4. The molecule has 1 aliphatic rings. The fourth-order valence-corrected chi connectivity index (χ4v) is 3.49. The molecule has 2 atom stereocenters. The minimum absolute atomic E-state index is 0.155. The third-order valence-electron chi connectivity index (χ3n) is 5.21. The summed E-state index contributed by atoms with van der Waals surface area (Å²) in [4.78, 5) is 6.80. The van der Waals surface area contributed by atoms with E-state index >= 15 is 0 Å². The Balaban J connectivity index is 1.57. The molecular weight excluding hydrogens is 352 g/mol. The summed E-state index contributed by atoms with van der Waals surface area (Å²) in [7, 11) is 1.81. The van der Waals surface area contributed by atoms with Gasteiger partial charge in [-0.3, -0.25) is 9.89 Å². The number of morpholine rings is 1. The van der Waals surface area contributed by atoms with Crippen LogP contribution in [0.1, 0.15) is 36.0 Å². The largest absolute Gasteiger partial charge is 0.465 e. The number of aryl methyl sites for hydroxylation is 1. The Labute approximate surface area is 168 Å². The molecule has 1 aromatic heterocycles. The standard InChI is InChI=1S/C22H32N4O2/c1-17(19-7-5-4-6-8-19)15-24-22(23-3)25-16-20(21-10-9-18(2)28-21)26-11-13-27-14-12-26/h4-10,17,20H,11-16H2,1-3H3,(H2,23,24,25).